The summed E-state index contributed by atoms with van der Waals surface area (Å²) in [5, 5.41) is 0. The number of amides is 1. The topological polar surface area (TPSA) is 62.2 Å². The number of thiazole rings is 1. The van der Waals surface area contributed by atoms with Gasteiger partial charge in [-0.25, -0.2) is 15.0 Å². The van der Waals surface area contributed by atoms with Gasteiger partial charge in [0.15, 0.2) is 0 Å². The van der Waals surface area contributed by atoms with Crippen LogP contribution in [0.1, 0.15) is 38.9 Å². The van der Waals surface area contributed by atoms with Crippen LogP contribution in [-0.2, 0) is 6.54 Å². The molecule has 0 spiro atoms. The zero-order chi connectivity index (χ0) is 18.0. The average Bonchev–Trinajstić information content (AvgIpc) is 3.16. The van der Waals surface area contributed by atoms with E-state index in [-0.39, 0.29) is 5.91 Å². The smallest absolute Gasteiger partial charge is 0.257 e. The predicted octanol–water partition coefficient (Wildman–Crippen LogP) is 2.45. The standard InChI is InChI=1S/C18H25N5OS/c1-12-16(7-19-14(3)21-12)18(24)23-6-5-15(9-23)8-22(4)10-17-13(2)20-11-25-17/h7,11,15H,5-6,8-10H2,1-4H3/t15-/m0/s1. The van der Waals surface area contributed by atoms with Crippen LogP contribution in [0.4, 0.5) is 0 Å². The third-order valence-electron chi connectivity index (χ3n) is 4.73. The Kier molecular flexibility index (Phi) is 5.44. The van der Waals surface area contributed by atoms with E-state index in [0.29, 0.717) is 17.3 Å². The molecule has 1 saturated heterocycles. The highest BCUT2D eigenvalue weighted by atomic mass is 32.1. The monoisotopic (exact) mass is 359 g/mol. The van der Waals surface area contributed by atoms with Crippen LogP contribution < -0.4 is 0 Å². The first-order valence-corrected chi connectivity index (χ1v) is 9.49. The molecule has 1 atom stereocenters. The van der Waals surface area contributed by atoms with E-state index in [9.17, 15) is 4.79 Å². The summed E-state index contributed by atoms with van der Waals surface area (Å²) in [7, 11) is 2.14. The summed E-state index contributed by atoms with van der Waals surface area (Å²) < 4.78 is 0. The fourth-order valence-electron chi connectivity index (χ4n) is 3.36. The Labute approximate surface area is 152 Å². The quantitative estimate of drug-likeness (QED) is 0.821. The molecular weight excluding hydrogens is 334 g/mol. The van der Waals surface area contributed by atoms with Crippen molar-refractivity contribution in [2.75, 3.05) is 26.7 Å². The first kappa shape index (κ1) is 17.9. The fraction of sp³-hybridized carbons (Fsp3) is 0.556. The van der Waals surface area contributed by atoms with E-state index in [1.54, 1.807) is 17.5 Å². The molecule has 3 rings (SSSR count). The summed E-state index contributed by atoms with van der Waals surface area (Å²) >= 11 is 1.71. The van der Waals surface area contributed by atoms with E-state index in [1.165, 1.54) is 4.88 Å². The normalized spacial score (nSPS) is 17.5. The van der Waals surface area contributed by atoms with Gasteiger partial charge >= 0.3 is 0 Å². The van der Waals surface area contributed by atoms with Crippen molar-refractivity contribution in [2.24, 2.45) is 5.92 Å². The van der Waals surface area contributed by atoms with Gasteiger partial charge in [-0.2, -0.15) is 0 Å². The van der Waals surface area contributed by atoms with E-state index in [1.807, 2.05) is 24.3 Å². The lowest BCUT2D eigenvalue weighted by molar-refractivity contribution is 0.0782. The van der Waals surface area contributed by atoms with Crippen molar-refractivity contribution < 1.29 is 4.79 Å². The number of carbonyl (C=O) groups excluding carboxylic acids is 1. The van der Waals surface area contributed by atoms with Gasteiger partial charge in [-0.3, -0.25) is 4.79 Å². The summed E-state index contributed by atoms with van der Waals surface area (Å²) in [6.45, 7) is 9.30. The van der Waals surface area contributed by atoms with E-state index < -0.39 is 0 Å². The number of rotatable bonds is 5. The average molecular weight is 359 g/mol. The maximum atomic E-state index is 12.7. The van der Waals surface area contributed by atoms with Crippen LogP contribution in [0.2, 0.25) is 0 Å². The molecule has 0 aliphatic carbocycles. The van der Waals surface area contributed by atoms with Crippen LogP contribution in [0.5, 0.6) is 0 Å². The molecule has 134 valence electrons. The Morgan fingerprint density at radius 3 is 2.80 bits per heavy atom. The number of likely N-dealkylation sites (tertiary alicyclic amines) is 1. The van der Waals surface area contributed by atoms with Crippen molar-refractivity contribution >= 4 is 17.2 Å². The first-order valence-electron chi connectivity index (χ1n) is 8.61. The van der Waals surface area contributed by atoms with Crippen LogP contribution in [0.3, 0.4) is 0 Å². The first-order chi connectivity index (χ1) is 11.9. The zero-order valence-electron chi connectivity index (χ0n) is 15.3. The Balaban J connectivity index is 1.56. The van der Waals surface area contributed by atoms with Crippen molar-refractivity contribution in [2.45, 2.75) is 33.7 Å². The molecule has 3 heterocycles. The molecule has 0 bridgehead atoms. The number of aromatic nitrogens is 3. The summed E-state index contributed by atoms with van der Waals surface area (Å²) in [5.41, 5.74) is 4.41. The summed E-state index contributed by atoms with van der Waals surface area (Å²) in [5.74, 6) is 1.27. The second-order valence-corrected chi connectivity index (χ2v) is 7.82. The number of hydrogen-bond donors (Lipinski definition) is 0. The largest absolute Gasteiger partial charge is 0.338 e. The Hall–Kier alpha value is -1.86. The molecule has 0 aromatic carbocycles. The van der Waals surface area contributed by atoms with Crippen LogP contribution in [0, 0.1) is 26.7 Å². The van der Waals surface area contributed by atoms with Gasteiger partial charge in [0.1, 0.15) is 5.82 Å². The minimum atomic E-state index is 0.0564. The van der Waals surface area contributed by atoms with E-state index >= 15 is 0 Å². The number of nitrogens with zero attached hydrogens (tertiary/aromatic N) is 5. The predicted molar refractivity (Wildman–Crippen MR) is 98.7 cm³/mol. The van der Waals surface area contributed by atoms with Gasteiger partial charge < -0.3 is 9.80 Å². The van der Waals surface area contributed by atoms with Gasteiger partial charge in [0.05, 0.1) is 22.5 Å². The fourth-order valence-corrected chi connectivity index (χ4v) is 4.21. The Morgan fingerprint density at radius 1 is 1.32 bits per heavy atom. The van der Waals surface area contributed by atoms with Crippen molar-refractivity contribution in [3.05, 3.63) is 39.4 Å². The second-order valence-electron chi connectivity index (χ2n) is 6.88. The molecule has 1 fully saturated rings. The van der Waals surface area contributed by atoms with E-state index in [4.69, 9.17) is 0 Å². The summed E-state index contributed by atoms with van der Waals surface area (Å²) in [4.78, 5) is 31.1. The number of carbonyl (C=O) groups is 1. The SMILES string of the molecule is Cc1ncc(C(=O)N2CC[C@@H](CN(C)Cc3scnc3C)C2)c(C)n1. The van der Waals surface area contributed by atoms with Gasteiger partial charge in [0, 0.05) is 37.3 Å². The molecule has 25 heavy (non-hydrogen) atoms. The van der Waals surface area contributed by atoms with Gasteiger partial charge in [0.2, 0.25) is 0 Å². The Morgan fingerprint density at radius 2 is 2.12 bits per heavy atom. The van der Waals surface area contributed by atoms with Crippen molar-refractivity contribution in [3.63, 3.8) is 0 Å². The molecule has 1 aliphatic rings. The summed E-state index contributed by atoms with van der Waals surface area (Å²) in [6.07, 6.45) is 2.70. The van der Waals surface area contributed by atoms with Crippen LogP contribution in [0.25, 0.3) is 0 Å². The van der Waals surface area contributed by atoms with Crippen LogP contribution in [0.15, 0.2) is 11.7 Å². The molecule has 2 aromatic heterocycles. The van der Waals surface area contributed by atoms with Crippen molar-refractivity contribution in [1.82, 2.24) is 24.8 Å². The van der Waals surface area contributed by atoms with Crippen molar-refractivity contribution in [1.29, 1.82) is 0 Å². The van der Waals surface area contributed by atoms with Crippen molar-refractivity contribution in [3.8, 4) is 0 Å². The highest BCUT2D eigenvalue weighted by Gasteiger charge is 2.29. The van der Waals surface area contributed by atoms with Gasteiger partial charge in [0.25, 0.3) is 5.91 Å². The molecule has 0 unspecified atom stereocenters. The molecule has 0 radical (unpaired) electrons. The molecule has 0 saturated carbocycles. The molecule has 1 aliphatic heterocycles. The number of hydrogen-bond acceptors (Lipinski definition) is 6. The molecule has 2 aromatic rings. The van der Waals surface area contributed by atoms with Gasteiger partial charge in [-0.1, -0.05) is 0 Å². The number of aryl methyl sites for hydroxylation is 3. The summed E-state index contributed by atoms with van der Waals surface area (Å²) in [6, 6.07) is 0. The van der Waals surface area contributed by atoms with Crippen LogP contribution >= 0.6 is 11.3 Å². The zero-order valence-corrected chi connectivity index (χ0v) is 16.1. The highest BCUT2D eigenvalue weighted by Crippen LogP contribution is 2.22. The minimum absolute atomic E-state index is 0.0564. The maximum Gasteiger partial charge on any atom is 0.257 e. The lowest BCUT2D eigenvalue weighted by Gasteiger charge is -2.21. The molecule has 1 amide bonds. The second kappa shape index (κ2) is 7.58. The minimum Gasteiger partial charge on any atom is -0.338 e. The molecule has 7 heteroatoms. The lowest BCUT2D eigenvalue weighted by atomic mass is 10.1. The maximum absolute atomic E-state index is 12.7. The lowest BCUT2D eigenvalue weighted by Crippen LogP contribution is -2.32. The van der Waals surface area contributed by atoms with E-state index in [2.05, 4.69) is 33.8 Å². The third kappa shape index (κ3) is 4.22. The van der Waals surface area contributed by atoms with E-state index in [0.717, 1.165) is 44.0 Å². The molecular formula is C18H25N5OS. The van der Waals surface area contributed by atoms with Crippen LogP contribution in [-0.4, -0.2) is 57.3 Å². The van der Waals surface area contributed by atoms with Gasteiger partial charge in [-0.05, 0) is 40.2 Å². The highest BCUT2D eigenvalue weighted by molar-refractivity contribution is 7.09. The Bertz CT molecular complexity index is 760. The molecule has 6 nitrogen and oxygen atoms in total. The molecule has 0 N–H and O–H groups in total. The van der Waals surface area contributed by atoms with Gasteiger partial charge in [-0.15, -0.1) is 11.3 Å². The third-order valence-corrected chi connectivity index (χ3v) is 5.65.